The number of alkyl carbamates (subject to hydrolysis) is 1. The molecule has 0 aromatic heterocycles. The van der Waals surface area contributed by atoms with E-state index in [0.29, 0.717) is 0 Å². The summed E-state index contributed by atoms with van der Waals surface area (Å²) in [7, 11) is 0. The summed E-state index contributed by atoms with van der Waals surface area (Å²) in [6.45, 7) is 13.7. The molecule has 106 valence electrons. The summed E-state index contributed by atoms with van der Waals surface area (Å²) in [5.74, 6) is 0. The molecule has 0 aliphatic rings. The molecule has 1 amide bonds. The van der Waals surface area contributed by atoms with Gasteiger partial charge in [-0.3, -0.25) is 0 Å². The number of rotatable bonds is 7. The molecule has 0 heterocycles. The van der Waals surface area contributed by atoms with E-state index in [1.54, 1.807) is 0 Å². The van der Waals surface area contributed by atoms with E-state index >= 15 is 0 Å². The Hall–Kier alpha value is -0.990. The highest BCUT2D eigenvalue weighted by Gasteiger charge is 2.19. The van der Waals surface area contributed by atoms with Crippen molar-refractivity contribution in [2.24, 2.45) is 0 Å². The maximum atomic E-state index is 11.7. The van der Waals surface area contributed by atoms with Crippen LogP contribution in [0.2, 0.25) is 0 Å². The van der Waals surface area contributed by atoms with Crippen molar-refractivity contribution < 1.29 is 9.53 Å². The van der Waals surface area contributed by atoms with Crippen molar-refractivity contribution in [1.82, 2.24) is 5.32 Å². The van der Waals surface area contributed by atoms with E-state index < -0.39 is 5.60 Å². The van der Waals surface area contributed by atoms with Crippen LogP contribution in [0.3, 0.4) is 0 Å². The molecule has 0 aliphatic heterocycles. The monoisotopic (exact) mass is 255 g/mol. The van der Waals surface area contributed by atoms with Gasteiger partial charge in [0.1, 0.15) is 5.60 Å². The molecule has 1 atom stereocenters. The summed E-state index contributed by atoms with van der Waals surface area (Å²) in [6, 6.07) is 0.142. The Kier molecular flexibility index (Phi) is 7.72. The van der Waals surface area contributed by atoms with Gasteiger partial charge in [0, 0.05) is 6.04 Å². The molecule has 18 heavy (non-hydrogen) atoms. The zero-order valence-electron chi connectivity index (χ0n) is 12.6. The van der Waals surface area contributed by atoms with Crippen LogP contribution in [0.4, 0.5) is 4.79 Å². The van der Waals surface area contributed by atoms with Gasteiger partial charge < -0.3 is 10.1 Å². The SMILES string of the molecule is C=C(C)C[C@@H](CCCCC)NC(=O)OC(C)(C)C. The largest absolute Gasteiger partial charge is 0.444 e. The van der Waals surface area contributed by atoms with Crippen LogP contribution in [0.1, 0.15) is 66.7 Å². The van der Waals surface area contributed by atoms with E-state index in [0.717, 1.165) is 24.8 Å². The lowest BCUT2D eigenvalue weighted by atomic mass is 10.0. The van der Waals surface area contributed by atoms with Crippen molar-refractivity contribution in [2.75, 3.05) is 0 Å². The highest BCUT2D eigenvalue weighted by atomic mass is 16.6. The number of carbonyl (C=O) groups is 1. The molecule has 0 aromatic rings. The van der Waals surface area contributed by atoms with Crippen molar-refractivity contribution in [3.05, 3.63) is 12.2 Å². The molecule has 0 saturated carbocycles. The van der Waals surface area contributed by atoms with Gasteiger partial charge >= 0.3 is 6.09 Å². The van der Waals surface area contributed by atoms with Crippen LogP contribution in [-0.2, 0) is 4.74 Å². The van der Waals surface area contributed by atoms with Gasteiger partial charge in [-0.2, -0.15) is 0 Å². The first-order chi connectivity index (χ1) is 8.24. The van der Waals surface area contributed by atoms with E-state index in [1.807, 2.05) is 27.7 Å². The summed E-state index contributed by atoms with van der Waals surface area (Å²) >= 11 is 0. The molecule has 3 heteroatoms. The van der Waals surface area contributed by atoms with Crippen molar-refractivity contribution in [3.8, 4) is 0 Å². The lowest BCUT2D eigenvalue weighted by molar-refractivity contribution is 0.0501. The third kappa shape index (κ3) is 10.2. The Morgan fingerprint density at radius 2 is 1.94 bits per heavy atom. The van der Waals surface area contributed by atoms with Crippen molar-refractivity contribution in [2.45, 2.75) is 78.4 Å². The van der Waals surface area contributed by atoms with Crippen LogP contribution < -0.4 is 5.32 Å². The lowest BCUT2D eigenvalue weighted by Crippen LogP contribution is -2.39. The van der Waals surface area contributed by atoms with Gasteiger partial charge in [0.05, 0.1) is 0 Å². The van der Waals surface area contributed by atoms with Gasteiger partial charge in [-0.1, -0.05) is 31.8 Å². The summed E-state index contributed by atoms with van der Waals surface area (Å²) in [5, 5.41) is 2.94. The second kappa shape index (κ2) is 8.17. The van der Waals surface area contributed by atoms with Gasteiger partial charge in [0.2, 0.25) is 0 Å². The fraction of sp³-hybridized carbons (Fsp3) is 0.800. The van der Waals surface area contributed by atoms with Crippen molar-refractivity contribution >= 4 is 6.09 Å². The number of hydrogen-bond donors (Lipinski definition) is 1. The molecule has 0 fully saturated rings. The second-order valence-electron chi connectivity index (χ2n) is 6.00. The lowest BCUT2D eigenvalue weighted by Gasteiger charge is -2.23. The Morgan fingerprint density at radius 1 is 1.33 bits per heavy atom. The first-order valence-corrected chi connectivity index (χ1v) is 6.88. The molecule has 0 bridgehead atoms. The molecule has 0 saturated heterocycles. The standard InChI is InChI=1S/C15H29NO2/c1-7-8-9-10-13(11-12(2)3)16-14(17)18-15(4,5)6/h13H,2,7-11H2,1,3-6H3,(H,16,17)/t13-/m1/s1. The first kappa shape index (κ1) is 17.0. The number of nitrogens with one attached hydrogen (secondary N) is 1. The molecule has 0 unspecified atom stereocenters. The molecule has 0 aromatic carbocycles. The predicted molar refractivity (Wildman–Crippen MR) is 76.7 cm³/mol. The number of ether oxygens (including phenoxy) is 1. The first-order valence-electron chi connectivity index (χ1n) is 6.88. The van der Waals surface area contributed by atoms with Crippen LogP contribution in [0.15, 0.2) is 12.2 Å². The zero-order valence-corrected chi connectivity index (χ0v) is 12.6. The molecule has 0 rings (SSSR count). The quantitative estimate of drug-likeness (QED) is 0.540. The third-order valence-electron chi connectivity index (χ3n) is 2.47. The fourth-order valence-electron chi connectivity index (χ4n) is 1.76. The Bertz CT molecular complexity index is 266. The molecule has 3 nitrogen and oxygen atoms in total. The van der Waals surface area contributed by atoms with Crippen LogP contribution in [-0.4, -0.2) is 17.7 Å². The highest BCUT2D eigenvalue weighted by molar-refractivity contribution is 5.68. The maximum Gasteiger partial charge on any atom is 0.407 e. The molecule has 0 aliphatic carbocycles. The normalized spacial score (nSPS) is 12.9. The maximum absolute atomic E-state index is 11.7. The Morgan fingerprint density at radius 3 is 2.39 bits per heavy atom. The van der Waals surface area contributed by atoms with Gasteiger partial charge in [0.15, 0.2) is 0 Å². The third-order valence-corrected chi connectivity index (χ3v) is 2.47. The smallest absolute Gasteiger partial charge is 0.407 e. The van der Waals surface area contributed by atoms with Crippen LogP contribution in [0.5, 0.6) is 0 Å². The van der Waals surface area contributed by atoms with Crippen molar-refractivity contribution in [3.63, 3.8) is 0 Å². The predicted octanol–water partition coefficient (Wildman–Crippen LogP) is 4.43. The minimum Gasteiger partial charge on any atom is -0.444 e. The van der Waals surface area contributed by atoms with Gasteiger partial charge in [-0.05, 0) is 40.5 Å². The Labute approximate surface area is 112 Å². The summed E-state index contributed by atoms with van der Waals surface area (Å²) in [6.07, 6.45) is 4.99. The van der Waals surface area contributed by atoms with Crippen LogP contribution in [0, 0.1) is 0 Å². The van der Waals surface area contributed by atoms with Gasteiger partial charge in [-0.25, -0.2) is 4.79 Å². The van der Waals surface area contributed by atoms with Gasteiger partial charge in [-0.15, -0.1) is 6.58 Å². The minimum atomic E-state index is -0.443. The zero-order chi connectivity index (χ0) is 14.2. The van der Waals surface area contributed by atoms with E-state index in [9.17, 15) is 4.79 Å². The summed E-state index contributed by atoms with van der Waals surface area (Å²) in [4.78, 5) is 11.7. The van der Waals surface area contributed by atoms with Crippen LogP contribution >= 0.6 is 0 Å². The van der Waals surface area contributed by atoms with Gasteiger partial charge in [0.25, 0.3) is 0 Å². The average Bonchev–Trinajstić information content (AvgIpc) is 2.13. The van der Waals surface area contributed by atoms with Crippen molar-refractivity contribution in [1.29, 1.82) is 0 Å². The van der Waals surface area contributed by atoms with E-state index in [-0.39, 0.29) is 12.1 Å². The Balaban J connectivity index is 4.21. The average molecular weight is 255 g/mol. The summed E-state index contributed by atoms with van der Waals surface area (Å²) in [5.41, 5.74) is 0.647. The molecule has 0 spiro atoms. The minimum absolute atomic E-state index is 0.142. The molecule has 1 N–H and O–H groups in total. The van der Waals surface area contributed by atoms with E-state index in [2.05, 4.69) is 18.8 Å². The van der Waals surface area contributed by atoms with E-state index in [4.69, 9.17) is 4.74 Å². The summed E-state index contributed by atoms with van der Waals surface area (Å²) < 4.78 is 5.28. The van der Waals surface area contributed by atoms with Crippen LogP contribution in [0.25, 0.3) is 0 Å². The molecule has 0 radical (unpaired) electrons. The topological polar surface area (TPSA) is 38.3 Å². The fourth-order valence-corrected chi connectivity index (χ4v) is 1.76. The number of amides is 1. The molecular weight excluding hydrogens is 226 g/mol. The second-order valence-corrected chi connectivity index (χ2v) is 6.00. The highest BCUT2D eigenvalue weighted by Crippen LogP contribution is 2.13. The van der Waals surface area contributed by atoms with E-state index in [1.165, 1.54) is 12.8 Å². The number of hydrogen-bond acceptors (Lipinski definition) is 2. The molecular formula is C15H29NO2. The number of unbranched alkanes of at least 4 members (excludes halogenated alkanes) is 2. The number of carbonyl (C=O) groups excluding carboxylic acids is 1.